The third-order valence-electron chi connectivity index (χ3n) is 0.711. The molecule has 0 aromatic rings. The van der Waals surface area contributed by atoms with Gasteiger partial charge in [0.05, 0.1) is 0 Å². The van der Waals surface area contributed by atoms with Crippen LogP contribution in [0, 0.1) is 0 Å². The molecule has 1 atom stereocenters. The monoisotopic (exact) mass is 84.1 g/mol. The predicted octanol–water partition coefficient (Wildman–Crippen LogP) is 0.00640. The van der Waals surface area contributed by atoms with E-state index in [-0.39, 0.29) is 0 Å². The Labute approximate surface area is 37.3 Å². The molecule has 2 heteroatoms. The first-order valence-corrected chi connectivity index (χ1v) is 2.20. The molecule has 0 fully saturated rings. The Morgan fingerprint density at radius 3 is 2.83 bits per heavy atom. The van der Waals surface area contributed by atoms with Crippen molar-refractivity contribution < 1.29 is 0 Å². The summed E-state index contributed by atoms with van der Waals surface area (Å²) in [6.45, 7) is 3.09. The maximum atomic E-state index is 3.86. The van der Waals surface area contributed by atoms with Gasteiger partial charge in [0.1, 0.15) is 6.17 Å². The van der Waals surface area contributed by atoms with E-state index >= 15 is 0 Å². The van der Waals surface area contributed by atoms with Crippen LogP contribution in [-0.2, 0) is 0 Å². The molecule has 1 unspecified atom stereocenters. The van der Waals surface area contributed by atoms with Crippen LogP contribution in [0.25, 0.3) is 0 Å². The van der Waals surface area contributed by atoms with Gasteiger partial charge in [0, 0.05) is 6.21 Å². The summed E-state index contributed by atoms with van der Waals surface area (Å²) in [6, 6.07) is 0. The highest BCUT2D eigenvalue weighted by Crippen LogP contribution is 1.92. The molecule has 0 aromatic heterocycles. The van der Waals surface area contributed by atoms with Crippen LogP contribution in [0.3, 0.4) is 0 Å². The highest BCUT2D eigenvalue weighted by Gasteiger charge is 2.07. The van der Waals surface area contributed by atoms with Gasteiger partial charge in [-0.15, -0.1) is 0 Å². The van der Waals surface area contributed by atoms with Crippen molar-refractivity contribution in [3.63, 3.8) is 0 Å². The van der Waals surface area contributed by atoms with Crippen LogP contribution in [0.1, 0.15) is 6.92 Å². The second-order valence-corrected chi connectivity index (χ2v) is 1.30. The second kappa shape index (κ2) is 1.39. The van der Waals surface area contributed by atoms with Crippen molar-refractivity contribution in [2.45, 2.75) is 13.1 Å². The zero-order chi connectivity index (χ0) is 4.41. The lowest BCUT2D eigenvalue weighted by molar-refractivity contribution is 0.732. The van der Waals surface area contributed by atoms with Crippen molar-refractivity contribution in [2.75, 3.05) is 6.54 Å². The van der Waals surface area contributed by atoms with Gasteiger partial charge in [-0.3, -0.25) is 10.3 Å². The lowest BCUT2D eigenvalue weighted by Gasteiger charge is -1.88. The maximum Gasteiger partial charge on any atom is 0.135 e. The molecule has 0 saturated heterocycles. The minimum Gasteiger partial charge on any atom is -0.292 e. The fourth-order valence-corrected chi connectivity index (χ4v) is 0.358. The summed E-state index contributed by atoms with van der Waals surface area (Å²) < 4.78 is 0. The van der Waals surface area contributed by atoms with Crippen molar-refractivity contribution in [2.24, 2.45) is 4.99 Å². The first-order chi connectivity index (χ1) is 2.93. The number of aliphatic imine (C=N–C) groups is 1. The van der Waals surface area contributed by atoms with E-state index in [4.69, 9.17) is 0 Å². The fourth-order valence-electron chi connectivity index (χ4n) is 0.358. The molecule has 1 heterocycles. The second-order valence-electron chi connectivity index (χ2n) is 1.30. The lowest BCUT2D eigenvalue weighted by Crippen LogP contribution is -2.17. The molecule has 2 nitrogen and oxygen atoms in total. The molecular formula is C4H8N2. The Kier molecular flexibility index (Phi) is 0.881. The molecule has 1 rings (SSSR count). The van der Waals surface area contributed by atoms with Crippen molar-refractivity contribution in [3.8, 4) is 0 Å². The van der Waals surface area contributed by atoms with Crippen LogP contribution in [0.5, 0.6) is 0 Å². The van der Waals surface area contributed by atoms with E-state index in [1.165, 1.54) is 0 Å². The van der Waals surface area contributed by atoms with Crippen LogP contribution < -0.4 is 5.32 Å². The van der Waals surface area contributed by atoms with Gasteiger partial charge >= 0.3 is 0 Å². The molecule has 0 spiro atoms. The van der Waals surface area contributed by atoms with Crippen molar-refractivity contribution in [1.82, 2.24) is 5.32 Å². The maximum absolute atomic E-state index is 3.86. The normalized spacial score (nSPS) is 27.8. The molecule has 1 N–H and O–H groups in total. The summed E-state index contributed by atoms with van der Waals surface area (Å²) in [5.74, 6) is 0. The number of rotatable bonds is 2. The molecule has 6 heavy (non-hydrogen) atoms. The van der Waals surface area contributed by atoms with Crippen molar-refractivity contribution in [3.05, 3.63) is 0 Å². The van der Waals surface area contributed by atoms with E-state index in [0.717, 1.165) is 6.54 Å². The Morgan fingerprint density at radius 1 is 2.00 bits per heavy atom. The smallest absolute Gasteiger partial charge is 0.135 e. The van der Waals surface area contributed by atoms with Crippen molar-refractivity contribution >= 4 is 6.21 Å². The van der Waals surface area contributed by atoms with Gasteiger partial charge in [0.2, 0.25) is 0 Å². The SMILES string of the molecule is CCNC1C=N1. The van der Waals surface area contributed by atoms with Gasteiger partial charge in [-0.2, -0.15) is 0 Å². The first kappa shape index (κ1) is 3.81. The van der Waals surface area contributed by atoms with E-state index in [9.17, 15) is 0 Å². The molecule has 0 radical (unpaired) electrons. The van der Waals surface area contributed by atoms with E-state index in [0.29, 0.717) is 6.17 Å². The molecule has 0 bridgehead atoms. The van der Waals surface area contributed by atoms with Crippen LogP contribution in [0.4, 0.5) is 0 Å². The van der Waals surface area contributed by atoms with Gasteiger partial charge in [-0.25, -0.2) is 0 Å². The molecule has 0 saturated carbocycles. The highest BCUT2D eigenvalue weighted by molar-refractivity contribution is 5.76. The Bertz CT molecular complexity index is 61.9. The van der Waals surface area contributed by atoms with Crippen LogP contribution in [0.15, 0.2) is 4.99 Å². The molecule has 1 aliphatic rings. The molecule has 0 aromatic carbocycles. The third kappa shape index (κ3) is 0.792. The Balaban J connectivity index is 1.90. The van der Waals surface area contributed by atoms with Crippen LogP contribution >= 0.6 is 0 Å². The minimum atomic E-state index is 0.398. The van der Waals surface area contributed by atoms with Crippen molar-refractivity contribution in [1.29, 1.82) is 0 Å². The highest BCUT2D eigenvalue weighted by atomic mass is 15.1. The number of hydrogen-bond acceptors (Lipinski definition) is 2. The summed E-state index contributed by atoms with van der Waals surface area (Å²) in [4.78, 5) is 3.86. The summed E-state index contributed by atoms with van der Waals surface area (Å²) >= 11 is 0. The standard InChI is InChI=1S/C4H8N2/c1-2-5-4-3-6-4/h3-5H,2H2,1H3. The summed E-state index contributed by atoms with van der Waals surface area (Å²) in [5, 5.41) is 3.10. The minimum absolute atomic E-state index is 0.398. The lowest BCUT2D eigenvalue weighted by atomic mass is 10.6. The largest absolute Gasteiger partial charge is 0.292 e. The Hall–Kier alpha value is -0.370. The van der Waals surface area contributed by atoms with Gasteiger partial charge in [-0.1, -0.05) is 6.92 Å². The Morgan fingerprint density at radius 2 is 2.67 bits per heavy atom. The molecule has 0 amide bonds. The van der Waals surface area contributed by atoms with Gasteiger partial charge in [0.15, 0.2) is 0 Å². The average molecular weight is 84.1 g/mol. The van der Waals surface area contributed by atoms with Gasteiger partial charge in [0.25, 0.3) is 0 Å². The van der Waals surface area contributed by atoms with E-state index < -0.39 is 0 Å². The number of hydrogen-bond donors (Lipinski definition) is 1. The van der Waals surface area contributed by atoms with Crippen LogP contribution in [0.2, 0.25) is 0 Å². The van der Waals surface area contributed by atoms with Gasteiger partial charge in [-0.05, 0) is 6.54 Å². The third-order valence-corrected chi connectivity index (χ3v) is 0.711. The zero-order valence-corrected chi connectivity index (χ0v) is 3.81. The average Bonchev–Trinajstić information content (AvgIpc) is 2.21. The number of nitrogens with zero attached hydrogens (tertiary/aromatic N) is 1. The van der Waals surface area contributed by atoms with Crippen LogP contribution in [-0.4, -0.2) is 18.9 Å². The molecule has 1 aliphatic heterocycles. The molecular weight excluding hydrogens is 76.1 g/mol. The van der Waals surface area contributed by atoms with E-state index in [1.807, 2.05) is 6.21 Å². The summed E-state index contributed by atoms with van der Waals surface area (Å²) in [7, 11) is 0. The summed E-state index contributed by atoms with van der Waals surface area (Å²) in [5.41, 5.74) is 0. The molecule has 34 valence electrons. The fraction of sp³-hybridized carbons (Fsp3) is 0.750. The van der Waals surface area contributed by atoms with E-state index in [2.05, 4.69) is 17.2 Å². The zero-order valence-electron chi connectivity index (χ0n) is 3.81. The predicted molar refractivity (Wildman–Crippen MR) is 26.0 cm³/mol. The summed E-state index contributed by atoms with van der Waals surface area (Å²) in [6.07, 6.45) is 2.29. The van der Waals surface area contributed by atoms with Gasteiger partial charge < -0.3 is 0 Å². The quantitative estimate of drug-likeness (QED) is 0.500. The topological polar surface area (TPSA) is 24.4 Å². The first-order valence-electron chi connectivity index (χ1n) is 2.20. The van der Waals surface area contributed by atoms with E-state index in [1.54, 1.807) is 0 Å². The molecule has 0 aliphatic carbocycles. The number of nitrogens with one attached hydrogen (secondary N) is 1.